The maximum Gasteiger partial charge on any atom is 0.243 e. The molecular formula is C25H30N4O3S2. The number of nitrogens with zero attached hydrogens (tertiary/aromatic N) is 3. The molecule has 1 amide bonds. The average Bonchev–Trinajstić information content (AvgIpc) is 3.47. The number of likely N-dealkylation sites (tertiary alicyclic amines) is 1. The number of benzene rings is 2. The highest BCUT2D eigenvalue weighted by Gasteiger charge is 2.31. The van der Waals surface area contributed by atoms with E-state index in [1.807, 2.05) is 25.1 Å². The Morgan fingerprint density at radius 3 is 2.68 bits per heavy atom. The van der Waals surface area contributed by atoms with Crippen LogP contribution in [0.5, 0.6) is 0 Å². The number of hydrogen-bond donors (Lipinski definition) is 1. The minimum Gasteiger partial charge on any atom is -0.325 e. The average molecular weight is 499 g/mol. The Morgan fingerprint density at radius 1 is 1.09 bits per heavy atom. The number of thiazole rings is 1. The van der Waals surface area contributed by atoms with Gasteiger partial charge in [-0.15, -0.1) is 11.3 Å². The third-order valence-electron chi connectivity index (χ3n) is 6.74. The molecule has 0 radical (unpaired) electrons. The van der Waals surface area contributed by atoms with Crippen LogP contribution in [-0.4, -0.2) is 54.7 Å². The molecule has 1 aromatic heterocycles. The SMILES string of the molecule is Cc1ccc(S(=O)(=O)N2CCCCC2)cc1NC(=O)CN1CCCC1c1nc2ccccc2s1. The summed E-state index contributed by atoms with van der Waals surface area (Å²) in [6, 6.07) is 13.3. The molecule has 1 unspecified atom stereocenters. The molecule has 9 heteroatoms. The number of aryl methyl sites for hydroxylation is 1. The molecule has 2 aromatic carbocycles. The Kier molecular flexibility index (Phi) is 6.70. The van der Waals surface area contributed by atoms with Gasteiger partial charge in [0.05, 0.1) is 27.7 Å². The standard InChI is InChI=1S/C25H30N4O3S2/c1-18-11-12-19(34(31,32)29-14-5-2-6-15-29)16-21(18)26-24(30)17-28-13-7-9-22(28)25-27-20-8-3-4-10-23(20)33-25/h3-4,8,10-12,16,22H,2,5-7,9,13-15,17H2,1H3,(H,26,30). The number of carbonyl (C=O) groups is 1. The Bertz CT molecular complexity index is 1270. The van der Waals surface area contributed by atoms with Crippen LogP contribution < -0.4 is 5.32 Å². The molecule has 0 spiro atoms. The molecule has 2 saturated heterocycles. The van der Waals surface area contributed by atoms with E-state index in [4.69, 9.17) is 4.98 Å². The molecule has 0 aliphatic carbocycles. The molecule has 1 atom stereocenters. The number of sulfonamides is 1. The number of hydrogen-bond acceptors (Lipinski definition) is 6. The van der Waals surface area contributed by atoms with Gasteiger partial charge in [-0.05, 0) is 69.0 Å². The van der Waals surface area contributed by atoms with Crippen LogP contribution in [0.3, 0.4) is 0 Å². The van der Waals surface area contributed by atoms with Crippen molar-refractivity contribution in [2.45, 2.75) is 50.0 Å². The summed E-state index contributed by atoms with van der Waals surface area (Å²) in [6.45, 7) is 4.09. The summed E-state index contributed by atoms with van der Waals surface area (Å²) in [6.07, 6.45) is 4.85. The van der Waals surface area contributed by atoms with Gasteiger partial charge in [0.25, 0.3) is 0 Å². The van der Waals surface area contributed by atoms with E-state index >= 15 is 0 Å². The third kappa shape index (κ3) is 4.75. The van der Waals surface area contributed by atoms with Gasteiger partial charge in [0.2, 0.25) is 15.9 Å². The summed E-state index contributed by atoms with van der Waals surface area (Å²) < 4.78 is 28.9. The van der Waals surface area contributed by atoms with Crippen molar-refractivity contribution in [2.24, 2.45) is 0 Å². The first-order valence-electron chi connectivity index (χ1n) is 11.9. The van der Waals surface area contributed by atoms with Crippen molar-refractivity contribution >= 4 is 43.2 Å². The highest BCUT2D eigenvalue weighted by atomic mass is 32.2. The van der Waals surface area contributed by atoms with E-state index in [9.17, 15) is 13.2 Å². The van der Waals surface area contributed by atoms with Crippen molar-refractivity contribution in [2.75, 3.05) is 31.5 Å². The predicted octanol–water partition coefficient (Wildman–Crippen LogP) is 4.55. The van der Waals surface area contributed by atoms with E-state index in [0.29, 0.717) is 18.8 Å². The van der Waals surface area contributed by atoms with Crippen LogP contribution in [0.2, 0.25) is 0 Å². The first-order valence-corrected chi connectivity index (χ1v) is 14.2. The smallest absolute Gasteiger partial charge is 0.243 e. The Morgan fingerprint density at radius 2 is 1.88 bits per heavy atom. The zero-order valence-electron chi connectivity index (χ0n) is 19.4. The summed E-state index contributed by atoms with van der Waals surface area (Å²) in [7, 11) is -3.55. The first kappa shape index (κ1) is 23.4. The van der Waals surface area contributed by atoms with Gasteiger partial charge in [-0.2, -0.15) is 4.31 Å². The molecule has 1 N–H and O–H groups in total. The fraction of sp³-hybridized carbons (Fsp3) is 0.440. The largest absolute Gasteiger partial charge is 0.325 e. The molecule has 0 saturated carbocycles. The second-order valence-electron chi connectivity index (χ2n) is 9.14. The summed E-state index contributed by atoms with van der Waals surface area (Å²) in [4.78, 5) is 20.2. The molecule has 3 aromatic rings. The maximum absolute atomic E-state index is 13.1. The van der Waals surface area contributed by atoms with E-state index in [0.717, 1.165) is 59.4 Å². The molecule has 2 aliphatic heterocycles. The predicted molar refractivity (Wildman–Crippen MR) is 136 cm³/mol. The highest BCUT2D eigenvalue weighted by Crippen LogP contribution is 2.36. The van der Waals surface area contributed by atoms with Crippen molar-refractivity contribution in [1.29, 1.82) is 0 Å². The van der Waals surface area contributed by atoms with Gasteiger partial charge in [0.15, 0.2) is 0 Å². The van der Waals surface area contributed by atoms with Crippen LogP contribution in [-0.2, 0) is 14.8 Å². The third-order valence-corrected chi connectivity index (χ3v) is 9.77. The molecule has 0 bridgehead atoms. The molecule has 3 heterocycles. The summed E-state index contributed by atoms with van der Waals surface area (Å²) >= 11 is 1.69. The summed E-state index contributed by atoms with van der Waals surface area (Å²) in [5, 5.41) is 4.02. The molecule has 7 nitrogen and oxygen atoms in total. The molecule has 5 rings (SSSR count). The van der Waals surface area contributed by atoms with Gasteiger partial charge in [-0.1, -0.05) is 24.6 Å². The lowest BCUT2D eigenvalue weighted by molar-refractivity contribution is -0.117. The van der Waals surface area contributed by atoms with Crippen LogP contribution in [0, 0.1) is 6.92 Å². The van der Waals surface area contributed by atoms with Crippen LogP contribution in [0.4, 0.5) is 5.69 Å². The van der Waals surface area contributed by atoms with E-state index < -0.39 is 10.0 Å². The normalized spacial score (nSPS) is 20.1. The lowest BCUT2D eigenvalue weighted by Crippen LogP contribution is -2.35. The maximum atomic E-state index is 13.1. The van der Waals surface area contributed by atoms with E-state index in [1.54, 1.807) is 33.8 Å². The number of para-hydroxylation sites is 1. The van der Waals surface area contributed by atoms with Crippen LogP contribution in [0.25, 0.3) is 10.2 Å². The van der Waals surface area contributed by atoms with E-state index in [2.05, 4.69) is 16.3 Å². The van der Waals surface area contributed by atoms with Gasteiger partial charge in [0.1, 0.15) is 5.01 Å². The second kappa shape index (κ2) is 9.73. The number of anilines is 1. The van der Waals surface area contributed by atoms with Gasteiger partial charge in [-0.25, -0.2) is 13.4 Å². The van der Waals surface area contributed by atoms with Gasteiger partial charge >= 0.3 is 0 Å². The number of amides is 1. The molecule has 180 valence electrons. The van der Waals surface area contributed by atoms with E-state index in [1.165, 1.54) is 0 Å². The minimum atomic E-state index is -3.55. The van der Waals surface area contributed by atoms with Crippen molar-refractivity contribution < 1.29 is 13.2 Å². The van der Waals surface area contributed by atoms with Crippen LogP contribution in [0.15, 0.2) is 47.4 Å². The van der Waals surface area contributed by atoms with Crippen molar-refractivity contribution in [3.63, 3.8) is 0 Å². The molecular weight excluding hydrogens is 468 g/mol. The van der Waals surface area contributed by atoms with Gasteiger partial charge < -0.3 is 5.32 Å². The van der Waals surface area contributed by atoms with Crippen molar-refractivity contribution in [3.8, 4) is 0 Å². The topological polar surface area (TPSA) is 82.6 Å². The van der Waals surface area contributed by atoms with Gasteiger partial charge in [-0.3, -0.25) is 9.69 Å². The number of piperidine rings is 1. The molecule has 34 heavy (non-hydrogen) atoms. The Labute approximate surface area is 204 Å². The lowest BCUT2D eigenvalue weighted by atomic mass is 10.2. The monoisotopic (exact) mass is 498 g/mol. The molecule has 2 aliphatic rings. The van der Waals surface area contributed by atoms with Crippen LogP contribution in [0.1, 0.15) is 48.7 Å². The Hall–Kier alpha value is -2.33. The zero-order chi connectivity index (χ0) is 23.7. The number of aromatic nitrogens is 1. The fourth-order valence-corrected chi connectivity index (χ4v) is 7.53. The number of fused-ring (bicyclic) bond motifs is 1. The second-order valence-corrected chi connectivity index (χ2v) is 12.1. The lowest BCUT2D eigenvalue weighted by Gasteiger charge is -2.26. The Balaban J connectivity index is 1.29. The first-order chi connectivity index (χ1) is 16.4. The summed E-state index contributed by atoms with van der Waals surface area (Å²) in [5.74, 6) is -0.136. The number of carbonyl (C=O) groups excluding carboxylic acids is 1. The van der Waals surface area contributed by atoms with Crippen molar-refractivity contribution in [3.05, 3.63) is 53.0 Å². The summed E-state index contributed by atoms with van der Waals surface area (Å²) in [5.41, 5.74) is 2.40. The zero-order valence-corrected chi connectivity index (χ0v) is 21.0. The van der Waals surface area contributed by atoms with Gasteiger partial charge in [0, 0.05) is 18.8 Å². The fourth-order valence-electron chi connectivity index (χ4n) is 4.85. The number of nitrogens with one attached hydrogen (secondary N) is 1. The van der Waals surface area contributed by atoms with Crippen molar-refractivity contribution in [1.82, 2.24) is 14.2 Å². The van der Waals surface area contributed by atoms with Crippen LogP contribution >= 0.6 is 11.3 Å². The minimum absolute atomic E-state index is 0.134. The number of rotatable bonds is 6. The van der Waals surface area contributed by atoms with E-state index in [-0.39, 0.29) is 23.4 Å². The molecule has 2 fully saturated rings. The highest BCUT2D eigenvalue weighted by molar-refractivity contribution is 7.89. The quantitative estimate of drug-likeness (QED) is 0.539.